The number of pyridine rings is 1. The second kappa shape index (κ2) is 9.03. The molecule has 3 aromatic rings. The van der Waals surface area contributed by atoms with Crippen molar-refractivity contribution < 1.29 is 9.72 Å². The molecule has 0 aliphatic carbocycles. The number of nitrogens with zero attached hydrogens (tertiary/aromatic N) is 3. The maximum atomic E-state index is 12.7. The number of nitro groups is 1. The van der Waals surface area contributed by atoms with E-state index in [0.29, 0.717) is 5.02 Å². The Labute approximate surface area is 176 Å². The zero-order chi connectivity index (χ0) is 21.7. The Morgan fingerprint density at radius 1 is 1.17 bits per heavy atom. The Morgan fingerprint density at radius 3 is 2.40 bits per heavy atom. The van der Waals surface area contributed by atoms with E-state index in [9.17, 15) is 19.7 Å². The highest BCUT2D eigenvalue weighted by Gasteiger charge is 2.19. The molecule has 0 aliphatic rings. The third kappa shape index (κ3) is 4.71. The van der Waals surface area contributed by atoms with Crippen molar-refractivity contribution in [3.05, 3.63) is 109 Å². The third-order valence-corrected chi connectivity index (χ3v) is 4.61. The van der Waals surface area contributed by atoms with E-state index in [4.69, 9.17) is 16.9 Å². The number of nitriles is 1. The molecule has 1 heterocycles. The van der Waals surface area contributed by atoms with Crippen molar-refractivity contribution >= 4 is 23.2 Å². The van der Waals surface area contributed by atoms with Gasteiger partial charge in [0, 0.05) is 11.1 Å². The summed E-state index contributed by atoms with van der Waals surface area (Å²) < 4.78 is 0.857. The van der Waals surface area contributed by atoms with Crippen LogP contribution in [0.1, 0.15) is 22.7 Å². The van der Waals surface area contributed by atoms with E-state index < -0.39 is 40.2 Å². The van der Waals surface area contributed by atoms with Crippen LogP contribution in [0, 0.1) is 21.4 Å². The molecule has 0 bridgehead atoms. The number of carbonyl (C=O) groups excluding carboxylic acids is 1. The van der Waals surface area contributed by atoms with Crippen LogP contribution >= 0.6 is 11.6 Å². The summed E-state index contributed by atoms with van der Waals surface area (Å²) in [6.07, 6.45) is 0.947. The first-order valence-electron chi connectivity index (χ1n) is 8.78. The Morgan fingerprint density at radius 2 is 1.80 bits per heavy atom. The number of nitrogens with one attached hydrogen (secondary N) is 1. The maximum Gasteiger partial charge on any atom is 0.287 e. The number of aromatic nitrogens is 1. The highest BCUT2D eigenvalue weighted by molar-refractivity contribution is 6.30. The van der Waals surface area contributed by atoms with Gasteiger partial charge < -0.3 is 5.32 Å². The van der Waals surface area contributed by atoms with Crippen molar-refractivity contribution in [2.24, 2.45) is 0 Å². The summed E-state index contributed by atoms with van der Waals surface area (Å²) in [4.78, 5) is 35.4. The molecule has 3 rings (SSSR count). The molecule has 1 unspecified atom stereocenters. The molecule has 0 saturated carbocycles. The molecule has 0 radical (unpaired) electrons. The van der Waals surface area contributed by atoms with Crippen LogP contribution in [0.4, 0.5) is 5.69 Å². The summed E-state index contributed by atoms with van der Waals surface area (Å²) in [5, 5.41) is 23.5. The van der Waals surface area contributed by atoms with Crippen LogP contribution in [-0.4, -0.2) is 15.4 Å². The van der Waals surface area contributed by atoms with Gasteiger partial charge in [-0.05, 0) is 23.3 Å². The Hall–Kier alpha value is -3.96. The van der Waals surface area contributed by atoms with E-state index in [1.54, 1.807) is 30.3 Å². The van der Waals surface area contributed by atoms with Gasteiger partial charge in [-0.1, -0.05) is 54.1 Å². The molecule has 0 spiro atoms. The highest BCUT2D eigenvalue weighted by Crippen LogP contribution is 2.23. The lowest BCUT2D eigenvalue weighted by Gasteiger charge is -2.20. The van der Waals surface area contributed by atoms with Gasteiger partial charge in [0.15, 0.2) is 0 Å². The predicted molar refractivity (Wildman–Crippen MR) is 110 cm³/mol. The van der Waals surface area contributed by atoms with E-state index in [0.717, 1.165) is 28.0 Å². The zero-order valence-corrected chi connectivity index (χ0v) is 16.2. The fourth-order valence-electron chi connectivity index (χ4n) is 2.94. The van der Waals surface area contributed by atoms with Gasteiger partial charge in [-0.2, -0.15) is 5.26 Å². The summed E-state index contributed by atoms with van der Waals surface area (Å²) >= 11 is 5.95. The Bertz CT molecular complexity index is 1180. The topological polar surface area (TPSA) is 118 Å². The smallest absolute Gasteiger partial charge is 0.287 e. The van der Waals surface area contributed by atoms with Gasteiger partial charge in [0.2, 0.25) is 5.91 Å². The highest BCUT2D eigenvalue weighted by atomic mass is 35.5. The van der Waals surface area contributed by atoms with Crippen LogP contribution in [0.25, 0.3) is 0 Å². The molecule has 0 saturated heterocycles. The molecular formula is C21H15ClN4O4. The average molecular weight is 423 g/mol. The van der Waals surface area contributed by atoms with Crippen molar-refractivity contribution in [2.45, 2.75) is 12.6 Å². The SMILES string of the molecule is N#Cc1cc([N+](=O)[O-])cn(CC(=O)NC(c2ccccc2)c2ccc(Cl)cc2)c1=O. The van der Waals surface area contributed by atoms with Crippen LogP contribution < -0.4 is 10.9 Å². The summed E-state index contributed by atoms with van der Waals surface area (Å²) in [5.41, 5.74) is -0.0631. The fraction of sp³-hybridized carbons (Fsp3) is 0.0952. The van der Waals surface area contributed by atoms with Crippen LogP contribution in [-0.2, 0) is 11.3 Å². The van der Waals surface area contributed by atoms with Crippen molar-refractivity contribution in [3.8, 4) is 6.07 Å². The van der Waals surface area contributed by atoms with Crippen molar-refractivity contribution in [1.29, 1.82) is 5.26 Å². The lowest BCUT2D eigenvalue weighted by atomic mass is 9.98. The van der Waals surface area contributed by atoms with Gasteiger partial charge in [-0.25, -0.2) is 0 Å². The Balaban J connectivity index is 1.91. The molecule has 1 atom stereocenters. The number of amides is 1. The lowest BCUT2D eigenvalue weighted by Crippen LogP contribution is -2.35. The molecular weight excluding hydrogens is 408 g/mol. The number of benzene rings is 2. The number of halogens is 1. The fourth-order valence-corrected chi connectivity index (χ4v) is 3.06. The standard InChI is InChI=1S/C21H15ClN4O4/c22-17-8-6-15(7-9-17)20(14-4-2-1-3-5-14)24-19(27)13-25-12-18(26(29)30)10-16(11-23)21(25)28/h1-10,12,20H,13H2,(H,24,27). The average Bonchev–Trinajstić information content (AvgIpc) is 2.74. The van der Waals surface area contributed by atoms with E-state index in [1.807, 2.05) is 30.3 Å². The number of hydrogen-bond acceptors (Lipinski definition) is 5. The molecule has 150 valence electrons. The van der Waals surface area contributed by atoms with Crippen LogP contribution in [0.5, 0.6) is 0 Å². The number of hydrogen-bond donors (Lipinski definition) is 1. The van der Waals surface area contributed by atoms with E-state index in [1.165, 1.54) is 0 Å². The maximum absolute atomic E-state index is 12.7. The second-order valence-corrected chi connectivity index (χ2v) is 6.81. The largest absolute Gasteiger partial charge is 0.344 e. The van der Waals surface area contributed by atoms with Crippen molar-refractivity contribution in [1.82, 2.24) is 9.88 Å². The second-order valence-electron chi connectivity index (χ2n) is 6.38. The zero-order valence-electron chi connectivity index (χ0n) is 15.5. The number of rotatable bonds is 6. The van der Waals surface area contributed by atoms with Crippen molar-refractivity contribution in [3.63, 3.8) is 0 Å². The predicted octanol–water partition coefficient (Wildman–Crippen LogP) is 3.19. The molecule has 8 nitrogen and oxygen atoms in total. The third-order valence-electron chi connectivity index (χ3n) is 4.36. The first-order valence-corrected chi connectivity index (χ1v) is 9.15. The summed E-state index contributed by atoms with van der Waals surface area (Å²) in [5.74, 6) is -0.551. The van der Waals surface area contributed by atoms with Gasteiger partial charge in [-0.3, -0.25) is 24.3 Å². The summed E-state index contributed by atoms with van der Waals surface area (Å²) in [6.45, 7) is -0.480. The van der Waals surface area contributed by atoms with Crippen LogP contribution in [0.3, 0.4) is 0 Å². The van der Waals surface area contributed by atoms with E-state index >= 15 is 0 Å². The normalized spacial score (nSPS) is 11.3. The van der Waals surface area contributed by atoms with Crippen LogP contribution in [0.15, 0.2) is 71.7 Å². The van der Waals surface area contributed by atoms with E-state index in [-0.39, 0.29) is 0 Å². The lowest BCUT2D eigenvalue weighted by molar-refractivity contribution is -0.385. The molecule has 30 heavy (non-hydrogen) atoms. The number of carbonyl (C=O) groups is 1. The first kappa shape index (κ1) is 20.8. The van der Waals surface area contributed by atoms with Gasteiger partial charge in [0.25, 0.3) is 11.2 Å². The van der Waals surface area contributed by atoms with Gasteiger partial charge in [-0.15, -0.1) is 0 Å². The van der Waals surface area contributed by atoms with Gasteiger partial charge >= 0.3 is 0 Å². The minimum absolute atomic E-state index is 0.408. The summed E-state index contributed by atoms with van der Waals surface area (Å²) in [7, 11) is 0. The minimum Gasteiger partial charge on any atom is -0.344 e. The van der Waals surface area contributed by atoms with Crippen LogP contribution in [0.2, 0.25) is 5.02 Å². The minimum atomic E-state index is -0.777. The molecule has 1 N–H and O–H groups in total. The molecule has 1 amide bonds. The summed E-state index contributed by atoms with van der Waals surface area (Å²) in [6, 6.07) is 18.1. The quantitative estimate of drug-likeness (QED) is 0.483. The van der Waals surface area contributed by atoms with E-state index in [2.05, 4.69) is 5.32 Å². The van der Waals surface area contributed by atoms with Gasteiger partial charge in [0.1, 0.15) is 18.2 Å². The Kier molecular flexibility index (Phi) is 6.25. The van der Waals surface area contributed by atoms with Gasteiger partial charge in [0.05, 0.1) is 17.2 Å². The molecule has 2 aromatic carbocycles. The molecule has 9 heteroatoms. The molecule has 1 aromatic heterocycles. The van der Waals surface area contributed by atoms with Crippen molar-refractivity contribution in [2.75, 3.05) is 0 Å². The monoisotopic (exact) mass is 422 g/mol. The molecule has 0 aliphatic heterocycles. The first-order chi connectivity index (χ1) is 14.4. The molecule has 0 fully saturated rings.